The average Bonchev–Trinajstić information content (AvgIpc) is 3.52. The number of sulfonamides is 1. The Balaban J connectivity index is 1.76. The summed E-state index contributed by atoms with van der Waals surface area (Å²) in [6.07, 6.45) is 3.63. The molecule has 0 saturated heterocycles. The maximum absolute atomic E-state index is 14.2. The smallest absolute Gasteiger partial charge is 0.273 e. The van der Waals surface area contributed by atoms with E-state index in [9.17, 15) is 28.1 Å². The number of benzene rings is 3. The van der Waals surface area contributed by atoms with Crippen molar-refractivity contribution in [3.63, 3.8) is 0 Å². The van der Waals surface area contributed by atoms with Crippen LogP contribution in [0.2, 0.25) is 10.0 Å². The van der Waals surface area contributed by atoms with Crippen molar-refractivity contribution in [2.45, 2.75) is 63.1 Å². The quantitative estimate of drug-likeness (QED) is 0.186. The van der Waals surface area contributed by atoms with Gasteiger partial charge in [-0.2, -0.15) is 0 Å². The zero-order valence-corrected chi connectivity index (χ0v) is 27.4. The van der Waals surface area contributed by atoms with Crippen LogP contribution in [0.15, 0.2) is 65.6 Å². The van der Waals surface area contributed by atoms with Gasteiger partial charge in [0.05, 0.1) is 22.6 Å². The molecule has 1 saturated carbocycles. The van der Waals surface area contributed by atoms with Gasteiger partial charge in [-0.25, -0.2) is 8.42 Å². The number of ether oxygens (including phenoxy) is 1. The fourth-order valence-corrected chi connectivity index (χ4v) is 7.13. The number of aryl methyl sites for hydroxylation is 1. The second kappa shape index (κ2) is 14.5. The molecule has 0 aromatic heterocycles. The van der Waals surface area contributed by atoms with Crippen LogP contribution in [0.1, 0.15) is 43.7 Å². The first-order valence-electron chi connectivity index (χ1n) is 14.3. The van der Waals surface area contributed by atoms with E-state index in [-0.39, 0.29) is 44.5 Å². The molecule has 0 aliphatic heterocycles. The average molecular weight is 678 g/mol. The molecule has 1 aliphatic carbocycles. The predicted molar refractivity (Wildman–Crippen MR) is 172 cm³/mol. The first kappa shape index (κ1) is 34.0. The maximum Gasteiger partial charge on any atom is 0.273 e. The molecule has 0 radical (unpaired) electrons. The molecule has 45 heavy (non-hydrogen) atoms. The molecule has 1 N–H and O–H groups in total. The van der Waals surface area contributed by atoms with Gasteiger partial charge in [0.15, 0.2) is 0 Å². The summed E-state index contributed by atoms with van der Waals surface area (Å²) in [5.41, 5.74) is 0.383. The van der Waals surface area contributed by atoms with Crippen LogP contribution in [0.5, 0.6) is 5.75 Å². The second-order valence-electron chi connectivity index (χ2n) is 10.8. The fraction of sp³-hybridized carbons (Fsp3) is 0.355. The Morgan fingerprint density at radius 1 is 1.07 bits per heavy atom. The van der Waals surface area contributed by atoms with Crippen LogP contribution in [0.4, 0.5) is 11.4 Å². The summed E-state index contributed by atoms with van der Waals surface area (Å²) in [5, 5.41) is 15.2. The Bertz CT molecular complexity index is 1660. The Hall–Kier alpha value is -3.87. The van der Waals surface area contributed by atoms with Crippen molar-refractivity contribution in [2.24, 2.45) is 0 Å². The molecule has 1 fully saturated rings. The number of nitrogens with one attached hydrogen (secondary N) is 1. The zero-order chi connectivity index (χ0) is 32.9. The van der Waals surface area contributed by atoms with E-state index in [2.05, 4.69) is 5.32 Å². The number of hydrogen-bond acceptors (Lipinski definition) is 7. The van der Waals surface area contributed by atoms with E-state index in [1.165, 1.54) is 55.3 Å². The molecule has 0 spiro atoms. The Morgan fingerprint density at radius 2 is 1.69 bits per heavy atom. The number of nitrogens with zero attached hydrogens (tertiary/aromatic N) is 3. The largest absolute Gasteiger partial charge is 0.497 e. The molecule has 1 atom stereocenters. The summed E-state index contributed by atoms with van der Waals surface area (Å²) >= 11 is 12.9. The number of carbonyl (C=O) groups excluding carboxylic acids is 2. The van der Waals surface area contributed by atoms with Gasteiger partial charge in [0, 0.05) is 39.8 Å². The molecule has 240 valence electrons. The molecule has 3 aromatic rings. The van der Waals surface area contributed by atoms with Gasteiger partial charge >= 0.3 is 0 Å². The predicted octanol–water partition coefficient (Wildman–Crippen LogP) is 5.89. The molecule has 1 unspecified atom stereocenters. The van der Waals surface area contributed by atoms with Crippen LogP contribution < -0.4 is 14.4 Å². The maximum atomic E-state index is 14.2. The van der Waals surface area contributed by atoms with Crippen LogP contribution in [0, 0.1) is 17.0 Å². The standard InChI is InChI=1S/C31H34Cl2N4O7S/c1-20-11-16-25(17-29(20)37(40)41)45(42,43)36(23-12-14-24(44-3)15-13-23)19-30(38)35(18-26-27(32)9-6-10-28(26)33)21(2)31(39)34-22-7-4-5-8-22/h6,9-17,21-22H,4-5,7-8,18-19H2,1-3H3,(H,34,39). The van der Waals surface area contributed by atoms with Crippen LogP contribution >= 0.6 is 23.2 Å². The van der Waals surface area contributed by atoms with Gasteiger partial charge < -0.3 is 15.0 Å². The van der Waals surface area contributed by atoms with Crippen LogP contribution in [0.25, 0.3) is 0 Å². The SMILES string of the molecule is COc1ccc(N(CC(=O)N(Cc2c(Cl)cccc2Cl)C(C)C(=O)NC2CCCC2)S(=O)(=O)c2ccc(C)c([N+](=O)[O-])c2)cc1. The summed E-state index contributed by atoms with van der Waals surface area (Å²) in [5.74, 6) is -0.673. The topological polar surface area (TPSA) is 139 Å². The van der Waals surface area contributed by atoms with Crippen molar-refractivity contribution in [1.29, 1.82) is 0 Å². The third-order valence-electron chi connectivity index (χ3n) is 7.86. The molecule has 4 rings (SSSR count). The molecule has 11 nitrogen and oxygen atoms in total. The highest BCUT2D eigenvalue weighted by Gasteiger charge is 2.34. The number of anilines is 1. The van der Waals surface area contributed by atoms with E-state index in [1.807, 2.05) is 0 Å². The first-order chi connectivity index (χ1) is 21.3. The van der Waals surface area contributed by atoms with Crippen LogP contribution in [-0.4, -0.2) is 55.8 Å². The van der Waals surface area contributed by atoms with Crippen molar-refractivity contribution in [1.82, 2.24) is 10.2 Å². The monoisotopic (exact) mass is 676 g/mol. The molecule has 0 heterocycles. The van der Waals surface area contributed by atoms with E-state index in [1.54, 1.807) is 25.1 Å². The number of hydrogen-bond donors (Lipinski definition) is 1. The van der Waals surface area contributed by atoms with E-state index in [0.717, 1.165) is 36.1 Å². The van der Waals surface area contributed by atoms with E-state index < -0.39 is 39.3 Å². The summed E-state index contributed by atoms with van der Waals surface area (Å²) in [7, 11) is -3.09. The summed E-state index contributed by atoms with van der Waals surface area (Å²) < 4.78 is 34.3. The lowest BCUT2D eigenvalue weighted by Crippen LogP contribution is -2.52. The van der Waals surface area contributed by atoms with Gasteiger partial charge in [-0.05, 0) is 69.2 Å². The highest BCUT2D eigenvalue weighted by Crippen LogP contribution is 2.31. The highest BCUT2D eigenvalue weighted by molar-refractivity contribution is 7.92. The molecule has 2 amide bonds. The number of rotatable bonds is 12. The lowest BCUT2D eigenvalue weighted by Gasteiger charge is -2.33. The lowest BCUT2D eigenvalue weighted by molar-refractivity contribution is -0.385. The Morgan fingerprint density at radius 3 is 2.27 bits per heavy atom. The first-order valence-corrected chi connectivity index (χ1v) is 16.5. The van der Waals surface area contributed by atoms with Crippen molar-refractivity contribution >= 4 is 56.4 Å². The van der Waals surface area contributed by atoms with E-state index >= 15 is 0 Å². The number of nitro groups is 1. The minimum atomic E-state index is -4.54. The third-order valence-corrected chi connectivity index (χ3v) is 10.3. The molecule has 3 aromatic carbocycles. The molecule has 1 aliphatic rings. The van der Waals surface area contributed by atoms with E-state index in [0.29, 0.717) is 11.3 Å². The van der Waals surface area contributed by atoms with Crippen molar-refractivity contribution in [3.8, 4) is 5.75 Å². The summed E-state index contributed by atoms with van der Waals surface area (Å²) in [4.78, 5) is 39.4. The van der Waals surface area contributed by atoms with Gasteiger partial charge in [-0.1, -0.05) is 48.2 Å². The number of halogens is 2. The van der Waals surface area contributed by atoms with Crippen molar-refractivity contribution < 1.29 is 27.7 Å². The number of nitro benzene ring substituents is 1. The van der Waals surface area contributed by atoms with Gasteiger partial charge in [0.25, 0.3) is 15.7 Å². The van der Waals surface area contributed by atoms with Crippen LogP contribution in [-0.2, 0) is 26.2 Å². The summed E-state index contributed by atoms with van der Waals surface area (Å²) in [6, 6.07) is 13.3. The molecular weight excluding hydrogens is 643 g/mol. The van der Waals surface area contributed by atoms with Crippen molar-refractivity contribution in [3.05, 3.63) is 92.0 Å². The normalized spacial score (nSPS) is 14.1. The van der Waals surface area contributed by atoms with Gasteiger partial charge in [-0.3, -0.25) is 24.0 Å². The van der Waals surface area contributed by atoms with Gasteiger partial charge in [-0.15, -0.1) is 0 Å². The van der Waals surface area contributed by atoms with Crippen LogP contribution in [0.3, 0.4) is 0 Å². The number of methoxy groups -OCH3 is 1. The molecule has 14 heteroatoms. The number of carbonyl (C=O) groups is 2. The Labute approximate surface area is 272 Å². The van der Waals surface area contributed by atoms with Gasteiger partial charge in [0.2, 0.25) is 11.8 Å². The molecule has 0 bridgehead atoms. The van der Waals surface area contributed by atoms with Gasteiger partial charge in [0.1, 0.15) is 18.3 Å². The molecular formula is C31H34Cl2N4O7S. The fourth-order valence-electron chi connectivity index (χ4n) is 5.18. The second-order valence-corrected chi connectivity index (χ2v) is 13.5. The van der Waals surface area contributed by atoms with E-state index in [4.69, 9.17) is 27.9 Å². The minimum absolute atomic E-state index is 0.0192. The third kappa shape index (κ3) is 7.86. The lowest BCUT2D eigenvalue weighted by atomic mass is 10.1. The zero-order valence-electron chi connectivity index (χ0n) is 25.0. The number of amides is 2. The Kier molecular flexibility index (Phi) is 10.9. The van der Waals surface area contributed by atoms with Crippen molar-refractivity contribution in [2.75, 3.05) is 18.0 Å². The summed E-state index contributed by atoms with van der Waals surface area (Å²) in [6.45, 7) is 2.14. The highest BCUT2D eigenvalue weighted by atomic mass is 35.5. The minimum Gasteiger partial charge on any atom is -0.497 e.